The summed E-state index contributed by atoms with van der Waals surface area (Å²) < 4.78 is 13.3. The van der Waals surface area contributed by atoms with E-state index in [1.165, 1.54) is 36.0 Å². The van der Waals surface area contributed by atoms with Crippen molar-refractivity contribution in [2.24, 2.45) is 4.99 Å². The molecule has 0 unspecified atom stereocenters. The maximum Gasteiger partial charge on any atom is 0.286 e. The molecule has 2 aliphatic heterocycles. The molecule has 1 N–H and O–H groups in total. The second-order valence-electron chi connectivity index (χ2n) is 5.87. The van der Waals surface area contributed by atoms with Gasteiger partial charge in [-0.25, -0.2) is 4.39 Å². The summed E-state index contributed by atoms with van der Waals surface area (Å²) in [4.78, 5) is 20.8. The zero-order chi connectivity index (χ0) is 16.6. The standard InChI is InChI=1S/C16H18FN3O2S/c1-19(2)12-5-6-20(9-12)16-18-15(22)14(23-16)8-10-7-11(17)3-4-13(10)21/h3-4,7-8,12,21H,5-6,9H2,1-2H3/b14-8+/t12-/m0/s1. The second kappa shape index (κ2) is 6.33. The molecule has 5 nitrogen and oxygen atoms in total. The molecule has 3 rings (SSSR count). The van der Waals surface area contributed by atoms with E-state index in [1.807, 2.05) is 14.1 Å². The number of phenols is 1. The average molecular weight is 335 g/mol. The Hall–Kier alpha value is -1.86. The topological polar surface area (TPSA) is 56.1 Å². The van der Waals surface area contributed by atoms with E-state index in [0.717, 1.165) is 19.5 Å². The zero-order valence-electron chi connectivity index (χ0n) is 13.0. The van der Waals surface area contributed by atoms with Gasteiger partial charge < -0.3 is 14.9 Å². The molecule has 2 heterocycles. The largest absolute Gasteiger partial charge is 0.507 e. The number of likely N-dealkylation sites (tertiary alicyclic amines) is 1. The molecule has 0 aromatic heterocycles. The van der Waals surface area contributed by atoms with Crippen LogP contribution < -0.4 is 0 Å². The van der Waals surface area contributed by atoms with E-state index in [1.54, 1.807) is 0 Å². The molecule has 0 aliphatic carbocycles. The normalized spacial score (nSPS) is 23.2. The predicted molar refractivity (Wildman–Crippen MR) is 89.7 cm³/mol. The van der Waals surface area contributed by atoms with Crippen LogP contribution in [0.3, 0.4) is 0 Å². The van der Waals surface area contributed by atoms with Gasteiger partial charge >= 0.3 is 0 Å². The van der Waals surface area contributed by atoms with Crippen molar-refractivity contribution in [3.05, 3.63) is 34.5 Å². The smallest absolute Gasteiger partial charge is 0.286 e. The van der Waals surface area contributed by atoms with Crippen molar-refractivity contribution in [2.45, 2.75) is 12.5 Å². The van der Waals surface area contributed by atoms with Crippen molar-refractivity contribution in [1.82, 2.24) is 9.80 Å². The minimum atomic E-state index is -0.459. The Morgan fingerprint density at radius 3 is 2.96 bits per heavy atom. The molecule has 1 saturated heterocycles. The van der Waals surface area contributed by atoms with Gasteiger partial charge in [-0.15, -0.1) is 0 Å². The van der Waals surface area contributed by atoms with Gasteiger partial charge in [-0.05, 0) is 56.6 Å². The van der Waals surface area contributed by atoms with Crippen molar-refractivity contribution in [3.8, 4) is 5.75 Å². The van der Waals surface area contributed by atoms with Crippen LogP contribution in [0.2, 0.25) is 0 Å². The fourth-order valence-corrected chi connectivity index (χ4v) is 3.59. The van der Waals surface area contributed by atoms with Gasteiger partial charge in [-0.3, -0.25) is 4.79 Å². The number of halogens is 1. The first-order valence-electron chi connectivity index (χ1n) is 7.36. The summed E-state index contributed by atoms with van der Waals surface area (Å²) in [5.41, 5.74) is 0.282. The Morgan fingerprint density at radius 1 is 1.48 bits per heavy atom. The number of nitrogens with zero attached hydrogens (tertiary/aromatic N) is 3. The number of benzene rings is 1. The molecule has 1 aromatic carbocycles. The van der Waals surface area contributed by atoms with Crippen molar-refractivity contribution in [1.29, 1.82) is 0 Å². The molecule has 0 radical (unpaired) electrons. The molecule has 1 amide bonds. The van der Waals surface area contributed by atoms with Crippen LogP contribution in [0.4, 0.5) is 4.39 Å². The quantitative estimate of drug-likeness (QED) is 0.839. The zero-order valence-corrected chi connectivity index (χ0v) is 13.8. The van der Waals surface area contributed by atoms with Gasteiger partial charge in [0, 0.05) is 24.7 Å². The van der Waals surface area contributed by atoms with Gasteiger partial charge in [0.25, 0.3) is 5.91 Å². The Bertz CT molecular complexity index is 703. The molecule has 0 bridgehead atoms. The molecule has 0 saturated carbocycles. The highest BCUT2D eigenvalue weighted by Crippen LogP contribution is 2.33. The van der Waals surface area contributed by atoms with E-state index in [-0.39, 0.29) is 17.2 Å². The predicted octanol–water partition coefficient (Wildman–Crippen LogP) is 2.14. The minimum Gasteiger partial charge on any atom is -0.507 e. The van der Waals surface area contributed by atoms with Gasteiger partial charge in [0.1, 0.15) is 11.6 Å². The summed E-state index contributed by atoms with van der Waals surface area (Å²) in [5.74, 6) is -0.865. The van der Waals surface area contributed by atoms with Gasteiger partial charge in [0.15, 0.2) is 5.17 Å². The third-order valence-electron chi connectivity index (χ3n) is 4.05. The van der Waals surface area contributed by atoms with Crippen LogP contribution in [0.5, 0.6) is 5.75 Å². The van der Waals surface area contributed by atoms with Crippen LogP contribution in [-0.2, 0) is 4.79 Å². The lowest BCUT2D eigenvalue weighted by atomic mass is 10.2. The van der Waals surface area contributed by atoms with Crippen LogP contribution in [0.25, 0.3) is 6.08 Å². The Balaban J connectivity index is 1.75. The molecule has 0 spiro atoms. The molecule has 1 atom stereocenters. The van der Waals surface area contributed by atoms with Gasteiger partial charge in [0.05, 0.1) is 4.91 Å². The second-order valence-corrected chi connectivity index (χ2v) is 6.87. The number of carbonyl (C=O) groups is 1. The summed E-state index contributed by atoms with van der Waals surface area (Å²) in [7, 11) is 4.09. The lowest BCUT2D eigenvalue weighted by Crippen LogP contribution is -2.33. The number of aromatic hydroxyl groups is 1. The number of aliphatic imine (C=N–C) groups is 1. The number of amidine groups is 1. The van der Waals surface area contributed by atoms with Crippen LogP contribution in [0.15, 0.2) is 28.1 Å². The third-order valence-corrected chi connectivity index (χ3v) is 5.09. The Labute approximate surface area is 138 Å². The maximum atomic E-state index is 13.3. The number of carbonyl (C=O) groups excluding carboxylic acids is 1. The van der Waals surface area contributed by atoms with Gasteiger partial charge in [-0.2, -0.15) is 4.99 Å². The van der Waals surface area contributed by atoms with E-state index < -0.39 is 5.82 Å². The highest BCUT2D eigenvalue weighted by atomic mass is 32.2. The number of likely N-dealkylation sites (N-methyl/N-ethyl adjacent to an activating group) is 1. The summed E-state index contributed by atoms with van der Waals surface area (Å²) in [6.45, 7) is 1.70. The first-order valence-corrected chi connectivity index (χ1v) is 8.18. The number of hydrogen-bond donors (Lipinski definition) is 1. The molecular formula is C16H18FN3O2S. The highest BCUT2D eigenvalue weighted by molar-refractivity contribution is 8.18. The molecule has 122 valence electrons. The maximum absolute atomic E-state index is 13.3. The average Bonchev–Trinajstić information content (AvgIpc) is 3.10. The van der Waals surface area contributed by atoms with Crippen molar-refractivity contribution >= 4 is 28.9 Å². The van der Waals surface area contributed by atoms with Crippen molar-refractivity contribution < 1.29 is 14.3 Å². The van der Waals surface area contributed by atoms with Crippen LogP contribution in [0.1, 0.15) is 12.0 Å². The first kappa shape index (κ1) is 16.0. The number of rotatable bonds is 2. The van der Waals surface area contributed by atoms with E-state index in [0.29, 0.717) is 16.1 Å². The van der Waals surface area contributed by atoms with Crippen LogP contribution >= 0.6 is 11.8 Å². The van der Waals surface area contributed by atoms with Gasteiger partial charge in [0.2, 0.25) is 0 Å². The number of amides is 1. The number of hydrogen-bond acceptors (Lipinski definition) is 5. The number of thioether (sulfide) groups is 1. The molecule has 2 aliphatic rings. The van der Waals surface area contributed by atoms with E-state index in [2.05, 4.69) is 14.8 Å². The summed E-state index contributed by atoms with van der Waals surface area (Å²) in [6.07, 6.45) is 2.52. The van der Waals surface area contributed by atoms with E-state index >= 15 is 0 Å². The number of phenolic OH excluding ortho intramolecular Hbond substituents is 1. The molecular weight excluding hydrogens is 317 g/mol. The van der Waals surface area contributed by atoms with Crippen LogP contribution in [0, 0.1) is 5.82 Å². The Kier molecular flexibility index (Phi) is 4.41. The first-order chi connectivity index (χ1) is 10.9. The lowest BCUT2D eigenvalue weighted by molar-refractivity contribution is -0.113. The molecule has 23 heavy (non-hydrogen) atoms. The summed E-state index contributed by atoms with van der Waals surface area (Å²) in [5, 5.41) is 10.5. The molecule has 1 aromatic rings. The molecule has 1 fully saturated rings. The van der Waals surface area contributed by atoms with Crippen molar-refractivity contribution in [2.75, 3.05) is 27.2 Å². The van der Waals surface area contributed by atoms with Crippen LogP contribution in [-0.4, -0.2) is 59.2 Å². The van der Waals surface area contributed by atoms with E-state index in [9.17, 15) is 14.3 Å². The third kappa shape index (κ3) is 3.40. The lowest BCUT2D eigenvalue weighted by Gasteiger charge is -2.20. The summed E-state index contributed by atoms with van der Waals surface area (Å²) in [6, 6.07) is 4.10. The van der Waals surface area contributed by atoms with Gasteiger partial charge in [-0.1, -0.05) is 0 Å². The fourth-order valence-electron chi connectivity index (χ4n) is 2.65. The summed E-state index contributed by atoms with van der Waals surface area (Å²) >= 11 is 1.27. The van der Waals surface area contributed by atoms with E-state index in [4.69, 9.17) is 0 Å². The Morgan fingerprint density at radius 2 is 2.26 bits per heavy atom. The SMILES string of the molecule is CN(C)[C@H]1CCN(C2=NC(=O)/C(=C\c3cc(F)ccc3O)S2)C1. The monoisotopic (exact) mass is 335 g/mol. The highest BCUT2D eigenvalue weighted by Gasteiger charge is 2.32. The molecule has 7 heteroatoms. The van der Waals surface area contributed by atoms with Crippen molar-refractivity contribution in [3.63, 3.8) is 0 Å². The fraction of sp³-hybridized carbons (Fsp3) is 0.375. The minimum absolute atomic E-state index is 0.0606.